The van der Waals surface area contributed by atoms with E-state index in [1.54, 1.807) is 0 Å². The predicted molar refractivity (Wildman–Crippen MR) is 94.2 cm³/mol. The first-order valence-corrected chi connectivity index (χ1v) is 9.54. The lowest BCUT2D eigenvalue weighted by Gasteiger charge is -2.36. The van der Waals surface area contributed by atoms with Gasteiger partial charge in [0, 0.05) is 18.0 Å². The van der Waals surface area contributed by atoms with Crippen LogP contribution < -0.4 is 4.90 Å². The van der Waals surface area contributed by atoms with Crippen molar-refractivity contribution in [2.24, 2.45) is 11.8 Å². The average Bonchev–Trinajstić information content (AvgIpc) is 2.83. The number of hydrogen-bond acceptors (Lipinski definition) is 4. The number of aryl methyl sites for hydroxylation is 2. The highest BCUT2D eigenvalue weighted by Crippen LogP contribution is 2.41. The summed E-state index contributed by atoms with van der Waals surface area (Å²) in [6.45, 7) is 6.84. The summed E-state index contributed by atoms with van der Waals surface area (Å²) in [6.07, 6.45) is 6.26. The minimum atomic E-state index is 0.395. The molecule has 0 spiro atoms. The summed E-state index contributed by atoms with van der Waals surface area (Å²) in [5.74, 6) is 2.51. The van der Waals surface area contributed by atoms with E-state index in [-0.39, 0.29) is 0 Å². The number of fused-ring (bicyclic) bond motifs is 3. The summed E-state index contributed by atoms with van der Waals surface area (Å²) in [5, 5.41) is 1.69. The standard InChI is InChI=1S/C17H22ClN3S/c1-10-7-11(2)9-21(8-10)15-14-12-5-3-4-6-13(12)22-16(14)20-17(18)19-15/h10-11H,3-9H2,1-2H3. The number of rotatable bonds is 1. The molecule has 2 unspecified atom stereocenters. The molecule has 0 amide bonds. The van der Waals surface area contributed by atoms with Crippen molar-refractivity contribution in [2.75, 3.05) is 18.0 Å². The summed E-state index contributed by atoms with van der Waals surface area (Å²) < 4.78 is 0. The SMILES string of the molecule is CC1CC(C)CN(c2nc(Cl)nc3sc4c(c23)CCCC4)C1. The van der Waals surface area contributed by atoms with E-state index < -0.39 is 0 Å². The fraction of sp³-hybridized carbons (Fsp3) is 0.647. The summed E-state index contributed by atoms with van der Waals surface area (Å²) in [6, 6.07) is 0. The van der Waals surface area contributed by atoms with Crippen molar-refractivity contribution < 1.29 is 0 Å². The Morgan fingerprint density at radius 1 is 1.09 bits per heavy atom. The summed E-state index contributed by atoms with van der Waals surface area (Å²) in [4.78, 5) is 14.2. The lowest BCUT2D eigenvalue weighted by Crippen LogP contribution is -2.39. The van der Waals surface area contributed by atoms with Gasteiger partial charge in [0.2, 0.25) is 5.28 Å². The van der Waals surface area contributed by atoms with Gasteiger partial charge < -0.3 is 4.90 Å². The second-order valence-electron chi connectivity index (χ2n) is 7.06. The predicted octanol–water partition coefficient (Wildman–Crippen LogP) is 4.71. The number of hydrogen-bond donors (Lipinski definition) is 0. The Bertz CT molecular complexity index is 701. The highest BCUT2D eigenvalue weighted by atomic mass is 35.5. The van der Waals surface area contributed by atoms with Crippen molar-refractivity contribution in [1.29, 1.82) is 0 Å². The molecule has 0 N–H and O–H groups in total. The highest BCUT2D eigenvalue weighted by molar-refractivity contribution is 7.19. The number of halogens is 1. The van der Waals surface area contributed by atoms with Crippen LogP contribution in [0.15, 0.2) is 0 Å². The molecular weight excluding hydrogens is 314 g/mol. The Morgan fingerprint density at radius 3 is 2.59 bits per heavy atom. The molecule has 2 aromatic rings. The number of aromatic nitrogens is 2. The Hall–Kier alpha value is -0.870. The third-order valence-corrected chi connectivity index (χ3v) is 6.29. The minimum absolute atomic E-state index is 0.395. The summed E-state index contributed by atoms with van der Waals surface area (Å²) in [7, 11) is 0. The van der Waals surface area contributed by atoms with Crippen LogP contribution in [0.5, 0.6) is 0 Å². The molecule has 1 fully saturated rings. The molecule has 3 heterocycles. The van der Waals surface area contributed by atoms with E-state index in [9.17, 15) is 0 Å². The van der Waals surface area contributed by atoms with Gasteiger partial charge in [-0.3, -0.25) is 0 Å². The van der Waals surface area contributed by atoms with Crippen molar-refractivity contribution in [3.8, 4) is 0 Å². The Morgan fingerprint density at radius 2 is 1.82 bits per heavy atom. The summed E-state index contributed by atoms with van der Waals surface area (Å²) >= 11 is 8.07. The molecule has 1 saturated heterocycles. The van der Waals surface area contributed by atoms with E-state index in [1.165, 1.54) is 47.9 Å². The van der Waals surface area contributed by atoms with Gasteiger partial charge in [0.25, 0.3) is 0 Å². The molecule has 5 heteroatoms. The van der Waals surface area contributed by atoms with Crippen molar-refractivity contribution >= 4 is 39.0 Å². The lowest BCUT2D eigenvalue weighted by atomic mass is 9.91. The van der Waals surface area contributed by atoms with Gasteiger partial charge in [-0.25, -0.2) is 4.98 Å². The molecule has 1 aliphatic carbocycles. The molecule has 0 aromatic carbocycles. The third kappa shape index (κ3) is 2.50. The van der Waals surface area contributed by atoms with Gasteiger partial charge in [0.15, 0.2) is 0 Å². The third-order valence-electron chi connectivity index (χ3n) is 4.94. The molecule has 22 heavy (non-hydrogen) atoms. The number of anilines is 1. The molecule has 118 valence electrons. The number of thiophene rings is 1. The topological polar surface area (TPSA) is 29.0 Å². The largest absolute Gasteiger partial charge is 0.355 e. The maximum atomic E-state index is 6.24. The van der Waals surface area contributed by atoms with Crippen LogP contribution in [0.1, 0.15) is 43.6 Å². The van der Waals surface area contributed by atoms with Crippen molar-refractivity contribution in [2.45, 2.75) is 46.0 Å². The van der Waals surface area contributed by atoms with Crippen LogP contribution in [0.4, 0.5) is 5.82 Å². The Labute approximate surface area is 140 Å². The Kier molecular flexibility index (Phi) is 3.77. The first-order valence-electron chi connectivity index (χ1n) is 8.34. The van der Waals surface area contributed by atoms with Crippen LogP contribution >= 0.6 is 22.9 Å². The maximum absolute atomic E-state index is 6.24. The molecule has 0 saturated carbocycles. The summed E-state index contributed by atoms with van der Waals surface area (Å²) in [5.41, 5.74) is 1.50. The molecule has 0 radical (unpaired) electrons. The van der Waals surface area contributed by atoms with E-state index in [4.69, 9.17) is 11.6 Å². The van der Waals surface area contributed by atoms with Gasteiger partial charge in [0.05, 0.1) is 5.39 Å². The highest BCUT2D eigenvalue weighted by Gasteiger charge is 2.28. The molecule has 0 bridgehead atoms. The lowest BCUT2D eigenvalue weighted by molar-refractivity contribution is 0.356. The van der Waals surface area contributed by atoms with E-state index >= 15 is 0 Å². The van der Waals surface area contributed by atoms with E-state index in [2.05, 4.69) is 28.7 Å². The van der Waals surface area contributed by atoms with Crippen LogP contribution in [0.25, 0.3) is 10.2 Å². The first kappa shape index (κ1) is 14.7. The molecule has 4 rings (SSSR count). The van der Waals surface area contributed by atoms with Gasteiger partial charge in [-0.15, -0.1) is 11.3 Å². The van der Waals surface area contributed by atoms with E-state index in [0.29, 0.717) is 17.1 Å². The average molecular weight is 336 g/mol. The van der Waals surface area contributed by atoms with Crippen molar-refractivity contribution in [1.82, 2.24) is 9.97 Å². The van der Waals surface area contributed by atoms with Gasteiger partial charge in [0.1, 0.15) is 10.6 Å². The van der Waals surface area contributed by atoms with Crippen LogP contribution in [0.3, 0.4) is 0 Å². The molecular formula is C17H22ClN3S. The Balaban J connectivity index is 1.87. The van der Waals surface area contributed by atoms with Crippen LogP contribution in [-0.4, -0.2) is 23.1 Å². The van der Waals surface area contributed by atoms with Crippen molar-refractivity contribution in [3.05, 3.63) is 15.7 Å². The fourth-order valence-electron chi connectivity index (χ4n) is 4.18. The zero-order valence-electron chi connectivity index (χ0n) is 13.2. The van der Waals surface area contributed by atoms with Crippen LogP contribution in [0, 0.1) is 11.8 Å². The molecule has 1 aliphatic heterocycles. The van der Waals surface area contributed by atoms with Gasteiger partial charge in [-0.2, -0.15) is 4.98 Å². The second-order valence-corrected chi connectivity index (χ2v) is 8.48. The monoisotopic (exact) mass is 335 g/mol. The first-order chi connectivity index (χ1) is 10.6. The van der Waals surface area contributed by atoms with E-state index in [0.717, 1.165) is 23.7 Å². The molecule has 2 atom stereocenters. The van der Waals surface area contributed by atoms with Gasteiger partial charge in [-0.1, -0.05) is 13.8 Å². The van der Waals surface area contributed by atoms with E-state index in [1.807, 2.05) is 11.3 Å². The smallest absolute Gasteiger partial charge is 0.225 e. The van der Waals surface area contributed by atoms with Gasteiger partial charge >= 0.3 is 0 Å². The van der Waals surface area contributed by atoms with Crippen LogP contribution in [0.2, 0.25) is 5.28 Å². The molecule has 2 aromatic heterocycles. The minimum Gasteiger partial charge on any atom is -0.355 e. The number of nitrogens with zero attached hydrogens (tertiary/aromatic N) is 3. The van der Waals surface area contributed by atoms with Gasteiger partial charge in [-0.05, 0) is 61.1 Å². The quantitative estimate of drug-likeness (QED) is 0.707. The fourth-order valence-corrected chi connectivity index (χ4v) is 5.65. The maximum Gasteiger partial charge on any atom is 0.225 e. The second kappa shape index (κ2) is 5.64. The van der Waals surface area contributed by atoms with Crippen LogP contribution in [-0.2, 0) is 12.8 Å². The van der Waals surface area contributed by atoms with Crippen molar-refractivity contribution in [3.63, 3.8) is 0 Å². The normalized spacial score (nSPS) is 25.5. The zero-order valence-corrected chi connectivity index (χ0v) is 14.8. The molecule has 2 aliphatic rings. The number of piperidine rings is 1. The molecule has 3 nitrogen and oxygen atoms in total. The zero-order chi connectivity index (χ0) is 15.3.